The predicted octanol–water partition coefficient (Wildman–Crippen LogP) is 1.87. The highest BCUT2D eigenvalue weighted by atomic mass is 16.4. The van der Waals surface area contributed by atoms with Gasteiger partial charge >= 0.3 is 5.97 Å². The van der Waals surface area contributed by atoms with Gasteiger partial charge in [0.15, 0.2) is 0 Å². The van der Waals surface area contributed by atoms with Crippen LogP contribution in [0.15, 0.2) is 0 Å². The number of carboxylic acids is 1. The van der Waals surface area contributed by atoms with E-state index in [0.29, 0.717) is 19.5 Å². The van der Waals surface area contributed by atoms with E-state index in [-0.39, 0.29) is 11.8 Å². The van der Waals surface area contributed by atoms with Gasteiger partial charge in [-0.15, -0.1) is 0 Å². The van der Waals surface area contributed by atoms with E-state index in [1.165, 1.54) is 0 Å². The number of rotatable bonds is 8. The van der Waals surface area contributed by atoms with Gasteiger partial charge in [-0.3, -0.25) is 14.5 Å². The van der Waals surface area contributed by atoms with E-state index in [4.69, 9.17) is 5.11 Å². The molecule has 1 atom stereocenters. The van der Waals surface area contributed by atoms with Crippen molar-refractivity contribution < 1.29 is 14.7 Å². The van der Waals surface area contributed by atoms with Gasteiger partial charge in [0.2, 0.25) is 5.91 Å². The van der Waals surface area contributed by atoms with Crippen LogP contribution in [0.2, 0.25) is 0 Å². The topological polar surface area (TPSA) is 69.6 Å². The monoisotopic (exact) mass is 284 g/mol. The zero-order valence-electron chi connectivity index (χ0n) is 12.7. The summed E-state index contributed by atoms with van der Waals surface area (Å²) >= 11 is 0. The number of nitrogens with one attached hydrogen (secondary N) is 1. The molecule has 1 unspecified atom stereocenters. The molecule has 1 amide bonds. The third kappa shape index (κ3) is 5.12. The Morgan fingerprint density at radius 1 is 1.25 bits per heavy atom. The first-order chi connectivity index (χ1) is 9.60. The summed E-state index contributed by atoms with van der Waals surface area (Å²) in [6, 6.07) is -0.399. The summed E-state index contributed by atoms with van der Waals surface area (Å²) in [5.41, 5.74) is 0. The van der Waals surface area contributed by atoms with E-state index in [2.05, 4.69) is 12.2 Å². The Hall–Kier alpha value is -1.10. The summed E-state index contributed by atoms with van der Waals surface area (Å²) < 4.78 is 0. The molecule has 1 heterocycles. The summed E-state index contributed by atoms with van der Waals surface area (Å²) in [5.74, 6) is -0.557. The maximum Gasteiger partial charge on any atom is 0.320 e. The van der Waals surface area contributed by atoms with Crippen LogP contribution in [0.5, 0.6) is 0 Å². The smallest absolute Gasteiger partial charge is 0.320 e. The molecule has 1 aliphatic rings. The molecule has 0 spiro atoms. The Labute approximate surface area is 121 Å². The predicted molar refractivity (Wildman–Crippen MR) is 78.5 cm³/mol. The third-order valence-electron chi connectivity index (χ3n) is 4.09. The highest BCUT2D eigenvalue weighted by molar-refractivity contribution is 5.78. The zero-order valence-corrected chi connectivity index (χ0v) is 12.7. The van der Waals surface area contributed by atoms with Gasteiger partial charge in [-0.05, 0) is 38.8 Å². The summed E-state index contributed by atoms with van der Waals surface area (Å²) in [7, 11) is 0. The first-order valence-electron chi connectivity index (χ1n) is 7.84. The van der Waals surface area contributed by atoms with Gasteiger partial charge in [0, 0.05) is 12.5 Å². The standard InChI is InChI=1S/C15H28N2O3/c1-3-5-6-9-16-14(18)12-7-10-17(11-8-12)13(4-2)15(19)20/h12-13H,3-11H2,1-2H3,(H,16,18)(H,19,20). The molecule has 0 aromatic carbocycles. The molecule has 0 aliphatic carbocycles. The van der Waals surface area contributed by atoms with Gasteiger partial charge in [-0.1, -0.05) is 26.7 Å². The average Bonchev–Trinajstić information content (AvgIpc) is 2.44. The van der Waals surface area contributed by atoms with Crippen molar-refractivity contribution in [3.05, 3.63) is 0 Å². The number of carbonyl (C=O) groups is 2. The second-order valence-corrected chi connectivity index (χ2v) is 5.57. The highest BCUT2D eigenvalue weighted by Crippen LogP contribution is 2.20. The number of aliphatic carboxylic acids is 1. The largest absolute Gasteiger partial charge is 0.480 e. The minimum atomic E-state index is -0.755. The molecule has 5 heteroatoms. The molecular formula is C15H28N2O3. The van der Waals surface area contributed by atoms with E-state index in [0.717, 1.165) is 38.6 Å². The maximum absolute atomic E-state index is 12.0. The third-order valence-corrected chi connectivity index (χ3v) is 4.09. The first kappa shape index (κ1) is 17.0. The zero-order chi connectivity index (χ0) is 15.0. The van der Waals surface area contributed by atoms with E-state index in [1.54, 1.807) is 0 Å². The summed E-state index contributed by atoms with van der Waals surface area (Å²) in [5, 5.41) is 12.1. The SMILES string of the molecule is CCCCCNC(=O)C1CCN(C(CC)C(=O)O)CC1. The van der Waals surface area contributed by atoms with Crippen LogP contribution in [-0.4, -0.2) is 47.6 Å². The number of piperidine rings is 1. The Morgan fingerprint density at radius 3 is 2.40 bits per heavy atom. The van der Waals surface area contributed by atoms with Gasteiger partial charge in [0.05, 0.1) is 0 Å². The highest BCUT2D eigenvalue weighted by Gasteiger charge is 2.30. The molecule has 1 aliphatic heterocycles. The molecule has 2 N–H and O–H groups in total. The van der Waals surface area contributed by atoms with Crippen molar-refractivity contribution in [1.82, 2.24) is 10.2 Å². The minimum Gasteiger partial charge on any atom is -0.480 e. The lowest BCUT2D eigenvalue weighted by molar-refractivity contribution is -0.144. The molecule has 0 aromatic rings. The lowest BCUT2D eigenvalue weighted by Gasteiger charge is -2.34. The van der Waals surface area contributed by atoms with Crippen molar-refractivity contribution in [3.63, 3.8) is 0 Å². The van der Waals surface area contributed by atoms with Gasteiger partial charge in [0.25, 0.3) is 0 Å². The number of amides is 1. The Balaban J connectivity index is 2.30. The second kappa shape index (κ2) is 8.95. The van der Waals surface area contributed by atoms with Crippen molar-refractivity contribution in [2.45, 2.75) is 58.4 Å². The molecule has 20 heavy (non-hydrogen) atoms. The quantitative estimate of drug-likeness (QED) is 0.668. The summed E-state index contributed by atoms with van der Waals surface area (Å²) in [6.45, 7) is 6.21. The van der Waals surface area contributed by atoms with E-state index in [9.17, 15) is 9.59 Å². The number of carboxylic acid groups (broad SMARTS) is 1. The van der Waals surface area contributed by atoms with Crippen molar-refractivity contribution >= 4 is 11.9 Å². The molecule has 1 rings (SSSR count). The van der Waals surface area contributed by atoms with Crippen molar-refractivity contribution in [2.24, 2.45) is 5.92 Å². The fourth-order valence-electron chi connectivity index (χ4n) is 2.79. The molecule has 1 fully saturated rings. The van der Waals surface area contributed by atoms with Gasteiger partial charge in [0.1, 0.15) is 6.04 Å². The lowest BCUT2D eigenvalue weighted by Crippen LogP contribution is -2.47. The number of unbranched alkanes of at least 4 members (excludes halogenated alkanes) is 2. The van der Waals surface area contributed by atoms with E-state index in [1.807, 2.05) is 11.8 Å². The van der Waals surface area contributed by atoms with Crippen molar-refractivity contribution in [1.29, 1.82) is 0 Å². The van der Waals surface area contributed by atoms with Crippen molar-refractivity contribution in [3.8, 4) is 0 Å². The summed E-state index contributed by atoms with van der Waals surface area (Å²) in [4.78, 5) is 25.1. The molecule has 0 aromatic heterocycles. The van der Waals surface area contributed by atoms with Crippen LogP contribution >= 0.6 is 0 Å². The Morgan fingerprint density at radius 2 is 1.90 bits per heavy atom. The first-order valence-corrected chi connectivity index (χ1v) is 7.84. The molecule has 0 saturated carbocycles. The van der Waals surface area contributed by atoms with Crippen LogP contribution in [0, 0.1) is 5.92 Å². The van der Waals surface area contributed by atoms with E-state index >= 15 is 0 Å². The maximum atomic E-state index is 12.0. The molecule has 5 nitrogen and oxygen atoms in total. The van der Waals surface area contributed by atoms with Crippen LogP contribution in [0.3, 0.4) is 0 Å². The van der Waals surface area contributed by atoms with Gasteiger partial charge in [-0.25, -0.2) is 0 Å². The van der Waals surface area contributed by atoms with Gasteiger partial charge in [-0.2, -0.15) is 0 Å². The van der Waals surface area contributed by atoms with Crippen LogP contribution in [0.4, 0.5) is 0 Å². The number of likely N-dealkylation sites (tertiary alicyclic amines) is 1. The number of hydrogen-bond donors (Lipinski definition) is 2. The second-order valence-electron chi connectivity index (χ2n) is 5.57. The van der Waals surface area contributed by atoms with Crippen LogP contribution in [-0.2, 0) is 9.59 Å². The van der Waals surface area contributed by atoms with Crippen LogP contribution in [0.1, 0.15) is 52.4 Å². The van der Waals surface area contributed by atoms with E-state index < -0.39 is 12.0 Å². The fourth-order valence-corrected chi connectivity index (χ4v) is 2.79. The molecule has 0 bridgehead atoms. The molecule has 0 radical (unpaired) electrons. The lowest BCUT2D eigenvalue weighted by atomic mass is 9.94. The Bertz CT molecular complexity index is 312. The average molecular weight is 284 g/mol. The van der Waals surface area contributed by atoms with Crippen LogP contribution < -0.4 is 5.32 Å². The number of carbonyl (C=O) groups excluding carboxylic acids is 1. The number of nitrogens with zero attached hydrogens (tertiary/aromatic N) is 1. The fraction of sp³-hybridized carbons (Fsp3) is 0.867. The molecule has 1 saturated heterocycles. The van der Waals surface area contributed by atoms with Gasteiger partial charge < -0.3 is 10.4 Å². The Kier molecular flexibility index (Phi) is 7.59. The van der Waals surface area contributed by atoms with Crippen LogP contribution in [0.25, 0.3) is 0 Å². The minimum absolute atomic E-state index is 0.0548. The molecular weight excluding hydrogens is 256 g/mol. The normalized spacial score (nSPS) is 18.7. The number of hydrogen-bond acceptors (Lipinski definition) is 3. The molecule has 116 valence electrons. The summed E-state index contributed by atoms with van der Waals surface area (Å²) in [6.07, 6.45) is 5.49. The van der Waals surface area contributed by atoms with Crippen molar-refractivity contribution in [2.75, 3.05) is 19.6 Å².